The highest BCUT2D eigenvalue weighted by atomic mass is 16.2. The van der Waals surface area contributed by atoms with Gasteiger partial charge in [0.1, 0.15) is 12.1 Å². The van der Waals surface area contributed by atoms with Gasteiger partial charge >= 0.3 is 6.03 Å². The van der Waals surface area contributed by atoms with E-state index in [1.807, 2.05) is 74.5 Å². The number of carbonyl (C=O) groups is 3. The molecule has 1 saturated heterocycles. The van der Waals surface area contributed by atoms with E-state index in [1.165, 1.54) is 0 Å². The van der Waals surface area contributed by atoms with Gasteiger partial charge in [-0.2, -0.15) is 0 Å². The lowest BCUT2D eigenvalue weighted by Crippen LogP contribution is -2.44. The van der Waals surface area contributed by atoms with Gasteiger partial charge in [-0.25, -0.2) is 4.79 Å². The minimum atomic E-state index is -1.21. The van der Waals surface area contributed by atoms with Gasteiger partial charge < -0.3 is 10.2 Å². The Morgan fingerprint density at radius 2 is 1.74 bits per heavy atom. The highest BCUT2D eigenvalue weighted by Gasteiger charge is 2.49. The summed E-state index contributed by atoms with van der Waals surface area (Å²) in [4.78, 5) is 46.3. The van der Waals surface area contributed by atoms with Crippen LogP contribution >= 0.6 is 0 Å². The Labute approximate surface area is 199 Å². The van der Waals surface area contributed by atoms with Gasteiger partial charge in [0, 0.05) is 25.5 Å². The van der Waals surface area contributed by atoms with Crippen LogP contribution in [0.1, 0.15) is 34.7 Å². The Balaban J connectivity index is 1.56. The van der Waals surface area contributed by atoms with Crippen molar-refractivity contribution in [1.82, 2.24) is 20.1 Å². The second-order valence-electron chi connectivity index (χ2n) is 8.85. The van der Waals surface area contributed by atoms with Gasteiger partial charge in [0.15, 0.2) is 0 Å². The van der Waals surface area contributed by atoms with Gasteiger partial charge in [0.2, 0.25) is 5.91 Å². The van der Waals surface area contributed by atoms with Crippen molar-refractivity contribution in [2.24, 2.45) is 0 Å². The average Bonchev–Trinajstić information content (AvgIpc) is 3.04. The fourth-order valence-electron chi connectivity index (χ4n) is 4.10. The summed E-state index contributed by atoms with van der Waals surface area (Å²) in [5.74, 6) is -0.754. The van der Waals surface area contributed by atoms with Crippen LogP contribution < -0.4 is 5.32 Å². The van der Waals surface area contributed by atoms with Gasteiger partial charge in [-0.05, 0) is 49.1 Å². The first-order chi connectivity index (χ1) is 16.3. The molecule has 1 fully saturated rings. The Morgan fingerprint density at radius 1 is 1.00 bits per heavy atom. The molecule has 1 atom stereocenters. The molecule has 4 amide bonds. The molecular weight excluding hydrogens is 428 g/mol. The molecular formula is C27H28N4O3. The van der Waals surface area contributed by atoms with Gasteiger partial charge in [0.05, 0.1) is 0 Å². The molecule has 34 heavy (non-hydrogen) atoms. The lowest BCUT2D eigenvalue weighted by atomic mass is 9.91. The van der Waals surface area contributed by atoms with E-state index in [0.717, 1.165) is 27.2 Å². The fourth-order valence-corrected chi connectivity index (χ4v) is 4.10. The summed E-state index contributed by atoms with van der Waals surface area (Å²) >= 11 is 0. The monoisotopic (exact) mass is 456 g/mol. The van der Waals surface area contributed by atoms with Crippen molar-refractivity contribution in [3.63, 3.8) is 0 Å². The molecule has 174 valence electrons. The summed E-state index contributed by atoms with van der Waals surface area (Å²) in [5, 5.41) is 2.78. The summed E-state index contributed by atoms with van der Waals surface area (Å²) in [6, 6.07) is 18.4. The quantitative estimate of drug-likeness (QED) is 0.550. The van der Waals surface area contributed by atoms with Crippen LogP contribution in [-0.4, -0.2) is 39.2 Å². The Bertz CT molecular complexity index is 1210. The van der Waals surface area contributed by atoms with Crippen molar-refractivity contribution < 1.29 is 14.4 Å². The zero-order chi connectivity index (χ0) is 24.3. The number of rotatable bonds is 7. The molecule has 0 bridgehead atoms. The zero-order valence-corrected chi connectivity index (χ0v) is 19.6. The SMILES string of the molecule is Cc1ccc(C2(C)NC(=O)N(CC(=O)N(Cc3cccnc3)Cc3ccccc3C)C2=O)cc1. The molecule has 0 saturated carbocycles. The van der Waals surface area contributed by atoms with Gasteiger partial charge in [0.25, 0.3) is 5.91 Å². The number of nitrogens with one attached hydrogen (secondary N) is 1. The molecule has 1 aromatic heterocycles. The van der Waals surface area contributed by atoms with Crippen LogP contribution in [0.3, 0.4) is 0 Å². The first-order valence-corrected chi connectivity index (χ1v) is 11.2. The van der Waals surface area contributed by atoms with E-state index < -0.39 is 17.5 Å². The van der Waals surface area contributed by atoms with Gasteiger partial charge in [-0.3, -0.25) is 19.5 Å². The second kappa shape index (κ2) is 9.47. The number of aromatic nitrogens is 1. The second-order valence-corrected chi connectivity index (χ2v) is 8.85. The Kier molecular flexibility index (Phi) is 6.45. The third-order valence-corrected chi connectivity index (χ3v) is 6.27. The molecule has 0 aliphatic carbocycles. The molecule has 2 heterocycles. The highest BCUT2D eigenvalue weighted by Crippen LogP contribution is 2.29. The van der Waals surface area contributed by atoms with Gasteiger partial charge in [-0.1, -0.05) is 60.2 Å². The van der Waals surface area contributed by atoms with Gasteiger partial charge in [-0.15, -0.1) is 0 Å². The minimum absolute atomic E-state index is 0.316. The predicted molar refractivity (Wildman–Crippen MR) is 128 cm³/mol. The number of urea groups is 1. The summed E-state index contributed by atoms with van der Waals surface area (Å²) in [6.45, 7) is 5.96. The Morgan fingerprint density at radius 3 is 2.41 bits per heavy atom. The minimum Gasteiger partial charge on any atom is -0.332 e. The topological polar surface area (TPSA) is 82.6 Å². The van der Waals surface area contributed by atoms with Crippen LogP contribution in [0.15, 0.2) is 73.1 Å². The molecule has 1 N–H and O–H groups in total. The number of benzene rings is 2. The molecule has 1 unspecified atom stereocenters. The van der Waals surface area contributed by atoms with E-state index in [9.17, 15) is 14.4 Å². The van der Waals surface area contributed by atoms with E-state index in [-0.39, 0.29) is 12.5 Å². The molecule has 0 spiro atoms. The molecule has 7 nitrogen and oxygen atoms in total. The van der Waals surface area contributed by atoms with Crippen molar-refractivity contribution in [1.29, 1.82) is 0 Å². The summed E-state index contributed by atoms with van der Waals surface area (Å²) in [7, 11) is 0. The number of aryl methyl sites for hydroxylation is 2. The summed E-state index contributed by atoms with van der Waals surface area (Å²) < 4.78 is 0. The summed E-state index contributed by atoms with van der Waals surface area (Å²) in [5.41, 5.74) is 3.45. The van der Waals surface area contributed by atoms with Crippen LogP contribution in [0.2, 0.25) is 0 Å². The molecule has 1 aliphatic heterocycles. The Hall–Kier alpha value is -4.00. The van der Waals surface area contributed by atoms with Crippen molar-refractivity contribution in [2.75, 3.05) is 6.54 Å². The van der Waals surface area contributed by atoms with Crippen molar-refractivity contribution in [3.05, 3.63) is 101 Å². The number of pyridine rings is 1. The lowest BCUT2D eigenvalue weighted by molar-refractivity contribution is -0.139. The van der Waals surface area contributed by atoms with Crippen LogP contribution in [0, 0.1) is 13.8 Å². The van der Waals surface area contributed by atoms with Crippen molar-refractivity contribution in [2.45, 2.75) is 39.4 Å². The first-order valence-electron chi connectivity index (χ1n) is 11.2. The zero-order valence-electron chi connectivity index (χ0n) is 19.6. The van der Waals surface area contributed by atoms with E-state index in [0.29, 0.717) is 18.7 Å². The standard InChI is InChI=1S/C27H28N4O3/c1-19-10-12-23(13-11-19)27(3)25(33)31(26(34)29-27)18-24(32)30(16-21-8-6-14-28-15-21)17-22-9-5-4-7-20(22)2/h4-15H,16-18H2,1-3H3,(H,29,34). The van der Waals surface area contributed by atoms with Crippen LogP contribution in [0.5, 0.6) is 0 Å². The predicted octanol–water partition coefficient (Wildman–Crippen LogP) is 3.69. The van der Waals surface area contributed by atoms with E-state index in [4.69, 9.17) is 0 Å². The molecule has 1 aliphatic rings. The van der Waals surface area contributed by atoms with E-state index in [2.05, 4.69) is 10.3 Å². The maximum atomic E-state index is 13.4. The summed E-state index contributed by atoms with van der Waals surface area (Å²) in [6.07, 6.45) is 3.39. The molecule has 2 aromatic carbocycles. The number of imide groups is 1. The smallest absolute Gasteiger partial charge is 0.325 e. The maximum Gasteiger partial charge on any atom is 0.325 e. The number of nitrogens with zero attached hydrogens (tertiary/aromatic N) is 3. The number of hydrogen-bond acceptors (Lipinski definition) is 4. The van der Waals surface area contributed by atoms with Crippen LogP contribution in [0.4, 0.5) is 4.79 Å². The average molecular weight is 457 g/mol. The molecule has 4 rings (SSSR count). The lowest BCUT2D eigenvalue weighted by Gasteiger charge is -2.26. The number of carbonyl (C=O) groups excluding carboxylic acids is 3. The van der Waals surface area contributed by atoms with E-state index in [1.54, 1.807) is 24.2 Å². The number of hydrogen-bond donors (Lipinski definition) is 1. The third-order valence-electron chi connectivity index (χ3n) is 6.27. The van der Waals surface area contributed by atoms with Crippen molar-refractivity contribution in [3.8, 4) is 0 Å². The van der Waals surface area contributed by atoms with E-state index >= 15 is 0 Å². The highest BCUT2D eigenvalue weighted by molar-refractivity contribution is 6.09. The first kappa shape index (κ1) is 23.2. The third kappa shape index (κ3) is 4.69. The fraction of sp³-hybridized carbons (Fsp3) is 0.259. The normalized spacial score (nSPS) is 17.6. The van der Waals surface area contributed by atoms with Crippen molar-refractivity contribution >= 4 is 17.8 Å². The number of amides is 4. The van der Waals surface area contributed by atoms with Crippen LogP contribution in [-0.2, 0) is 28.2 Å². The molecule has 0 radical (unpaired) electrons. The van der Waals surface area contributed by atoms with Crippen LogP contribution in [0.25, 0.3) is 0 Å². The maximum absolute atomic E-state index is 13.4. The largest absolute Gasteiger partial charge is 0.332 e. The molecule has 3 aromatic rings. The molecule has 7 heteroatoms.